The highest BCUT2D eigenvalue weighted by Gasteiger charge is 2.27. The van der Waals surface area contributed by atoms with Crippen LogP contribution in [0.4, 0.5) is 0 Å². The van der Waals surface area contributed by atoms with Crippen LogP contribution in [0.2, 0.25) is 0 Å². The van der Waals surface area contributed by atoms with E-state index in [4.69, 9.17) is 9.15 Å². The Morgan fingerprint density at radius 1 is 1.00 bits per heavy atom. The number of thioether (sulfide) groups is 1. The van der Waals surface area contributed by atoms with E-state index in [0.717, 1.165) is 12.8 Å². The lowest BCUT2D eigenvalue weighted by molar-refractivity contribution is 0.0730. The van der Waals surface area contributed by atoms with Crippen molar-refractivity contribution in [2.45, 2.75) is 35.8 Å². The molecule has 3 aromatic rings. The third-order valence-electron chi connectivity index (χ3n) is 6.09. The second-order valence-corrected chi connectivity index (χ2v) is 11.2. The minimum atomic E-state index is -3.63. The van der Waals surface area contributed by atoms with Gasteiger partial charge in [0.05, 0.1) is 23.9 Å². The average Bonchev–Trinajstić information content (AvgIpc) is 3.37. The van der Waals surface area contributed by atoms with Crippen LogP contribution in [0.25, 0.3) is 11.5 Å². The summed E-state index contributed by atoms with van der Waals surface area (Å²) in [7, 11) is -3.63. The molecule has 2 heterocycles. The van der Waals surface area contributed by atoms with Gasteiger partial charge in [-0.05, 0) is 61.1 Å². The molecule has 10 heteroatoms. The number of morpholine rings is 1. The summed E-state index contributed by atoms with van der Waals surface area (Å²) in [6, 6.07) is 12.4. The van der Waals surface area contributed by atoms with Crippen molar-refractivity contribution >= 4 is 27.6 Å². The fraction of sp³-hybridized carbons (Fsp3) is 0.375. The molecule has 1 aliphatic heterocycles. The van der Waals surface area contributed by atoms with Crippen molar-refractivity contribution in [3.8, 4) is 11.5 Å². The summed E-state index contributed by atoms with van der Waals surface area (Å²) in [4.78, 5) is 12.9. The lowest BCUT2D eigenvalue weighted by Crippen LogP contribution is -2.40. The van der Waals surface area contributed by atoms with Crippen molar-refractivity contribution in [2.24, 2.45) is 0 Å². The van der Waals surface area contributed by atoms with E-state index in [-0.39, 0.29) is 27.5 Å². The Morgan fingerprint density at radius 3 is 2.62 bits per heavy atom. The van der Waals surface area contributed by atoms with E-state index < -0.39 is 10.0 Å². The van der Waals surface area contributed by atoms with Gasteiger partial charge in [0.1, 0.15) is 0 Å². The number of Topliss-reactive ketones (excluding diaryl/α,β-unsaturated/α-hetero) is 1. The Balaban J connectivity index is 1.26. The summed E-state index contributed by atoms with van der Waals surface area (Å²) >= 11 is 1.18. The summed E-state index contributed by atoms with van der Waals surface area (Å²) in [5, 5.41) is 8.35. The first-order valence-electron chi connectivity index (χ1n) is 11.3. The standard InChI is InChI=1S/C24H25N3O5S2/c28-22(19-9-8-17-4-1-2-5-18(17)14-19)16-33-24-26-25-23(32-24)20-6-3-7-21(15-20)34(29,30)27-10-12-31-13-11-27/h3,6-9,14-15H,1-2,4-5,10-13,16H2. The Kier molecular flexibility index (Phi) is 6.82. The zero-order valence-corrected chi connectivity index (χ0v) is 20.2. The number of hydrogen-bond acceptors (Lipinski definition) is 8. The fourth-order valence-electron chi connectivity index (χ4n) is 4.23. The summed E-state index contributed by atoms with van der Waals surface area (Å²) < 4.78 is 38.3. The van der Waals surface area contributed by atoms with Gasteiger partial charge in [0.2, 0.25) is 15.9 Å². The maximum atomic E-state index is 12.9. The van der Waals surface area contributed by atoms with E-state index >= 15 is 0 Å². The van der Waals surface area contributed by atoms with Gasteiger partial charge in [-0.3, -0.25) is 4.79 Å². The van der Waals surface area contributed by atoms with Gasteiger partial charge in [0.25, 0.3) is 5.22 Å². The molecule has 1 saturated heterocycles. The number of rotatable bonds is 7. The Bertz CT molecular complexity index is 1300. The number of sulfonamides is 1. The zero-order chi connectivity index (χ0) is 23.5. The van der Waals surface area contributed by atoms with Gasteiger partial charge in [-0.1, -0.05) is 30.0 Å². The highest BCUT2D eigenvalue weighted by molar-refractivity contribution is 7.99. The van der Waals surface area contributed by atoms with Gasteiger partial charge < -0.3 is 9.15 Å². The molecule has 0 N–H and O–H groups in total. The predicted octanol–water partition coefficient (Wildman–Crippen LogP) is 3.61. The van der Waals surface area contributed by atoms with Crippen LogP contribution < -0.4 is 0 Å². The number of carbonyl (C=O) groups excluding carboxylic acids is 1. The average molecular weight is 500 g/mol. The monoisotopic (exact) mass is 499 g/mol. The normalized spacial score (nSPS) is 16.8. The van der Waals surface area contributed by atoms with Gasteiger partial charge in [0, 0.05) is 24.2 Å². The van der Waals surface area contributed by atoms with E-state index in [1.165, 1.54) is 46.1 Å². The molecule has 178 valence electrons. The van der Waals surface area contributed by atoms with Crippen LogP contribution in [0.3, 0.4) is 0 Å². The molecule has 1 aliphatic carbocycles. The van der Waals surface area contributed by atoms with Crippen LogP contribution in [0.15, 0.2) is 57.0 Å². The minimum absolute atomic E-state index is 0.0109. The SMILES string of the molecule is O=C(CSc1nnc(-c2cccc(S(=O)(=O)N3CCOCC3)c2)o1)c1ccc2c(c1)CCCC2. The van der Waals surface area contributed by atoms with Gasteiger partial charge in [-0.2, -0.15) is 4.31 Å². The highest BCUT2D eigenvalue weighted by atomic mass is 32.2. The van der Waals surface area contributed by atoms with Gasteiger partial charge in [0.15, 0.2) is 5.78 Å². The van der Waals surface area contributed by atoms with Crippen LogP contribution in [-0.2, 0) is 27.6 Å². The number of aromatic nitrogens is 2. The molecule has 0 atom stereocenters. The van der Waals surface area contributed by atoms with Crippen LogP contribution in [0, 0.1) is 0 Å². The lowest BCUT2D eigenvalue weighted by atomic mass is 9.90. The molecule has 1 aromatic heterocycles. The number of nitrogens with zero attached hydrogens (tertiary/aromatic N) is 3. The van der Waals surface area contributed by atoms with Crippen LogP contribution in [0.5, 0.6) is 0 Å². The third-order valence-corrected chi connectivity index (χ3v) is 8.81. The summed E-state index contributed by atoms with van der Waals surface area (Å²) in [6.45, 7) is 1.42. The Labute approximate surface area is 202 Å². The maximum Gasteiger partial charge on any atom is 0.277 e. The molecule has 8 nitrogen and oxygen atoms in total. The molecular weight excluding hydrogens is 474 g/mol. The number of fused-ring (bicyclic) bond motifs is 1. The maximum absolute atomic E-state index is 12.9. The molecule has 0 unspecified atom stereocenters. The van der Waals surface area contributed by atoms with E-state index in [1.54, 1.807) is 18.2 Å². The molecule has 0 radical (unpaired) electrons. The molecular formula is C24H25N3O5S2. The van der Waals surface area contributed by atoms with Crippen molar-refractivity contribution in [1.82, 2.24) is 14.5 Å². The van der Waals surface area contributed by atoms with Gasteiger partial charge >= 0.3 is 0 Å². The largest absolute Gasteiger partial charge is 0.411 e. The highest BCUT2D eigenvalue weighted by Crippen LogP contribution is 2.28. The van der Waals surface area contributed by atoms with E-state index in [9.17, 15) is 13.2 Å². The third kappa shape index (κ3) is 4.95. The molecule has 0 saturated carbocycles. The molecule has 2 aliphatic rings. The number of hydrogen-bond donors (Lipinski definition) is 0. The van der Waals surface area contributed by atoms with E-state index in [1.807, 2.05) is 12.1 Å². The summed E-state index contributed by atoms with van der Waals surface area (Å²) in [5.41, 5.74) is 3.83. The second-order valence-electron chi connectivity index (χ2n) is 8.32. The van der Waals surface area contributed by atoms with Crippen molar-refractivity contribution in [1.29, 1.82) is 0 Å². The van der Waals surface area contributed by atoms with Crippen molar-refractivity contribution in [3.05, 3.63) is 59.2 Å². The topological polar surface area (TPSA) is 103 Å². The fourth-order valence-corrected chi connectivity index (χ4v) is 6.34. The summed E-state index contributed by atoms with van der Waals surface area (Å²) in [6.07, 6.45) is 4.48. The lowest BCUT2D eigenvalue weighted by Gasteiger charge is -2.26. The number of ketones is 1. The molecule has 2 aromatic carbocycles. The smallest absolute Gasteiger partial charge is 0.277 e. The molecule has 34 heavy (non-hydrogen) atoms. The van der Waals surface area contributed by atoms with Crippen LogP contribution in [0.1, 0.15) is 34.3 Å². The quantitative estimate of drug-likeness (QED) is 0.359. The number of benzene rings is 2. The molecule has 0 bridgehead atoms. The van der Waals surface area contributed by atoms with Crippen LogP contribution >= 0.6 is 11.8 Å². The number of ether oxygens (including phenoxy) is 1. The molecule has 1 fully saturated rings. The second kappa shape index (κ2) is 9.99. The zero-order valence-electron chi connectivity index (χ0n) is 18.6. The minimum Gasteiger partial charge on any atom is -0.411 e. The first kappa shape index (κ1) is 23.2. The summed E-state index contributed by atoms with van der Waals surface area (Å²) in [5.74, 6) is 0.408. The Hall–Kier alpha value is -2.53. The van der Waals surface area contributed by atoms with Crippen molar-refractivity contribution in [2.75, 3.05) is 32.1 Å². The van der Waals surface area contributed by atoms with Crippen LogP contribution in [-0.4, -0.2) is 60.8 Å². The number of carbonyl (C=O) groups is 1. The first-order chi connectivity index (χ1) is 16.5. The van der Waals surface area contributed by atoms with Gasteiger partial charge in [-0.25, -0.2) is 8.42 Å². The molecule has 0 spiro atoms. The van der Waals surface area contributed by atoms with Crippen molar-refractivity contribution in [3.63, 3.8) is 0 Å². The molecule has 0 amide bonds. The molecule has 5 rings (SSSR count). The Morgan fingerprint density at radius 2 is 1.79 bits per heavy atom. The van der Waals surface area contributed by atoms with Crippen molar-refractivity contribution < 1.29 is 22.4 Å². The predicted molar refractivity (Wildman–Crippen MR) is 127 cm³/mol. The number of aryl methyl sites for hydroxylation is 2. The van der Waals surface area contributed by atoms with E-state index in [0.29, 0.717) is 37.4 Å². The van der Waals surface area contributed by atoms with Gasteiger partial charge in [-0.15, -0.1) is 10.2 Å². The first-order valence-corrected chi connectivity index (χ1v) is 13.7. The van der Waals surface area contributed by atoms with E-state index in [2.05, 4.69) is 16.3 Å².